The van der Waals surface area contributed by atoms with Crippen molar-refractivity contribution in [1.29, 1.82) is 0 Å². The third-order valence-corrected chi connectivity index (χ3v) is 13.9. The van der Waals surface area contributed by atoms with Gasteiger partial charge in [-0.2, -0.15) is 0 Å². The van der Waals surface area contributed by atoms with Crippen molar-refractivity contribution < 1.29 is 0 Å². The van der Waals surface area contributed by atoms with E-state index in [1.807, 2.05) is 0 Å². The molecule has 0 heterocycles. The first-order chi connectivity index (χ1) is 31.3. The molecule has 0 spiro atoms. The molecule has 0 aromatic heterocycles. The van der Waals surface area contributed by atoms with Crippen LogP contribution in [-0.4, -0.2) is 0 Å². The molecule has 0 radical (unpaired) electrons. The Bertz CT molecular complexity index is 3650. The fourth-order valence-electron chi connectivity index (χ4n) is 11.2. The topological polar surface area (TPSA) is 0 Å². The van der Waals surface area contributed by atoms with Gasteiger partial charge in [-0.05, 0) is 133 Å². The molecule has 0 nitrogen and oxygen atoms in total. The molecule has 0 amide bonds. The second kappa shape index (κ2) is 14.0. The van der Waals surface area contributed by atoms with Crippen LogP contribution in [0.1, 0.15) is 22.3 Å². The van der Waals surface area contributed by atoms with Crippen molar-refractivity contribution in [2.75, 3.05) is 0 Å². The fraction of sp³-hybridized carbons (Fsp3) is 0.0159. The average molecular weight is 797 g/mol. The first-order valence-electron chi connectivity index (χ1n) is 22.0. The van der Waals surface area contributed by atoms with E-state index in [0.717, 1.165) is 0 Å². The molecule has 0 N–H and O–H groups in total. The molecule has 13 rings (SSSR count). The van der Waals surface area contributed by atoms with E-state index in [1.54, 1.807) is 0 Å². The summed E-state index contributed by atoms with van der Waals surface area (Å²) in [6, 6.07) is 90.3. The minimum Gasteiger partial charge on any atom is -0.0622 e. The normalized spacial score (nSPS) is 12.9. The molecule has 0 atom stereocenters. The Morgan fingerprint density at radius 3 is 1.29 bits per heavy atom. The van der Waals surface area contributed by atoms with Crippen LogP contribution in [-0.2, 0) is 5.41 Å². The Hall–Kier alpha value is -8.06. The standard InChI is InChI=1S/C63H40/c1-3-18-49(19-4-1)63(50-20-5-2-6-21-50)57-28-14-17-44-37-38-47-39-48(40-58(63)62(47)61(44)57)41-29-33-45(34-30-41)59-53-23-9-11-25-55(53)60(56-26-12-10-24-54(56)59)46-35-31-43(32-36-46)52-27-13-16-42-15-7-8-22-51(42)52/h1-40H. The Morgan fingerprint density at radius 1 is 0.238 bits per heavy atom. The number of rotatable bonds is 6. The maximum Gasteiger partial charge on any atom is 0.0714 e. The van der Waals surface area contributed by atoms with Gasteiger partial charge in [-0.25, -0.2) is 0 Å². The van der Waals surface area contributed by atoms with Gasteiger partial charge in [-0.3, -0.25) is 0 Å². The van der Waals surface area contributed by atoms with Gasteiger partial charge in [0, 0.05) is 0 Å². The minimum atomic E-state index is -0.449. The van der Waals surface area contributed by atoms with Crippen molar-refractivity contribution >= 4 is 53.9 Å². The lowest BCUT2D eigenvalue weighted by atomic mass is 9.67. The number of fused-ring (bicyclic) bond motifs is 3. The summed E-state index contributed by atoms with van der Waals surface area (Å²) in [6.45, 7) is 0. The van der Waals surface area contributed by atoms with E-state index in [-0.39, 0.29) is 0 Å². The lowest BCUT2D eigenvalue weighted by Crippen LogP contribution is -2.28. The third-order valence-electron chi connectivity index (χ3n) is 13.9. The molecule has 0 aliphatic heterocycles. The predicted molar refractivity (Wildman–Crippen MR) is 268 cm³/mol. The molecule has 12 aromatic rings. The highest BCUT2D eigenvalue weighted by Crippen LogP contribution is 2.56. The maximum atomic E-state index is 2.49. The van der Waals surface area contributed by atoms with E-state index in [4.69, 9.17) is 0 Å². The lowest BCUT2D eigenvalue weighted by molar-refractivity contribution is 0.771. The van der Waals surface area contributed by atoms with Gasteiger partial charge in [0.15, 0.2) is 0 Å². The van der Waals surface area contributed by atoms with Crippen LogP contribution >= 0.6 is 0 Å². The highest BCUT2D eigenvalue weighted by molar-refractivity contribution is 6.22. The van der Waals surface area contributed by atoms with Crippen LogP contribution in [0.3, 0.4) is 0 Å². The Labute approximate surface area is 367 Å². The smallest absolute Gasteiger partial charge is 0.0622 e. The number of benzene rings is 12. The van der Waals surface area contributed by atoms with Crippen molar-refractivity contribution in [3.05, 3.63) is 265 Å². The van der Waals surface area contributed by atoms with Gasteiger partial charge in [0.05, 0.1) is 5.41 Å². The average Bonchev–Trinajstić information content (AvgIpc) is 3.67. The Morgan fingerprint density at radius 2 is 0.683 bits per heavy atom. The van der Waals surface area contributed by atoms with Crippen LogP contribution in [0.5, 0.6) is 0 Å². The first-order valence-corrected chi connectivity index (χ1v) is 22.0. The third kappa shape index (κ3) is 5.28. The van der Waals surface area contributed by atoms with Gasteiger partial charge in [0.1, 0.15) is 0 Å². The monoisotopic (exact) mass is 796 g/mol. The van der Waals surface area contributed by atoms with Gasteiger partial charge >= 0.3 is 0 Å². The van der Waals surface area contributed by atoms with Gasteiger partial charge in [0.2, 0.25) is 0 Å². The molecule has 0 bridgehead atoms. The molecule has 0 fully saturated rings. The lowest BCUT2D eigenvalue weighted by Gasteiger charge is -2.34. The van der Waals surface area contributed by atoms with Gasteiger partial charge in [-0.15, -0.1) is 0 Å². The zero-order valence-corrected chi connectivity index (χ0v) is 34.6. The second-order valence-electron chi connectivity index (χ2n) is 17.1. The predicted octanol–water partition coefficient (Wildman–Crippen LogP) is 16.8. The molecular weight excluding hydrogens is 757 g/mol. The van der Waals surface area contributed by atoms with E-state index in [1.165, 1.54) is 121 Å². The molecule has 1 aliphatic carbocycles. The van der Waals surface area contributed by atoms with Crippen molar-refractivity contribution in [2.45, 2.75) is 5.41 Å². The maximum absolute atomic E-state index is 2.49. The summed E-state index contributed by atoms with van der Waals surface area (Å²) >= 11 is 0. The van der Waals surface area contributed by atoms with Crippen LogP contribution in [0, 0.1) is 0 Å². The van der Waals surface area contributed by atoms with E-state index in [0.29, 0.717) is 0 Å². The summed E-state index contributed by atoms with van der Waals surface area (Å²) in [5.41, 5.74) is 14.7. The van der Waals surface area contributed by atoms with E-state index >= 15 is 0 Å². The Balaban J connectivity index is 0.958. The van der Waals surface area contributed by atoms with Crippen molar-refractivity contribution in [3.63, 3.8) is 0 Å². The van der Waals surface area contributed by atoms with E-state index < -0.39 is 5.41 Å². The van der Waals surface area contributed by atoms with Gasteiger partial charge in [0.25, 0.3) is 0 Å². The molecule has 12 aromatic carbocycles. The SMILES string of the molecule is c1ccc(C2(c3ccccc3)c3cccc4ccc5cc(-c6ccc(-c7c8ccccc8c(-c8ccc(-c9cccc%10ccccc9%10)cc8)c8ccccc78)cc6)cc2c5c34)cc1. The van der Waals surface area contributed by atoms with Crippen LogP contribution < -0.4 is 0 Å². The molecule has 0 saturated heterocycles. The van der Waals surface area contributed by atoms with Crippen molar-refractivity contribution in [3.8, 4) is 44.5 Å². The van der Waals surface area contributed by atoms with Gasteiger partial charge in [-0.1, -0.05) is 231 Å². The van der Waals surface area contributed by atoms with E-state index in [9.17, 15) is 0 Å². The van der Waals surface area contributed by atoms with Crippen molar-refractivity contribution in [1.82, 2.24) is 0 Å². The summed E-state index contributed by atoms with van der Waals surface area (Å²) in [5.74, 6) is 0. The first kappa shape index (κ1) is 35.7. The van der Waals surface area contributed by atoms with Crippen LogP contribution in [0.2, 0.25) is 0 Å². The largest absolute Gasteiger partial charge is 0.0714 e. The molecular formula is C63H40. The Kier molecular flexibility index (Phi) is 7.92. The molecule has 1 aliphatic rings. The number of hydrogen-bond donors (Lipinski definition) is 0. The summed E-state index contributed by atoms with van der Waals surface area (Å²) in [4.78, 5) is 0. The molecule has 0 heteroatoms. The highest BCUT2D eigenvalue weighted by atomic mass is 14.5. The zero-order valence-electron chi connectivity index (χ0n) is 34.6. The molecule has 63 heavy (non-hydrogen) atoms. The van der Waals surface area contributed by atoms with Gasteiger partial charge < -0.3 is 0 Å². The van der Waals surface area contributed by atoms with Crippen LogP contribution in [0.4, 0.5) is 0 Å². The fourth-order valence-corrected chi connectivity index (χ4v) is 11.2. The molecule has 0 saturated carbocycles. The highest BCUT2D eigenvalue weighted by Gasteiger charge is 2.45. The van der Waals surface area contributed by atoms with Crippen molar-refractivity contribution in [2.24, 2.45) is 0 Å². The second-order valence-corrected chi connectivity index (χ2v) is 17.1. The molecule has 0 unspecified atom stereocenters. The van der Waals surface area contributed by atoms with Crippen LogP contribution in [0.15, 0.2) is 243 Å². The summed E-state index contributed by atoms with van der Waals surface area (Å²) in [6.07, 6.45) is 0. The summed E-state index contributed by atoms with van der Waals surface area (Å²) in [7, 11) is 0. The van der Waals surface area contributed by atoms with E-state index in [2.05, 4.69) is 243 Å². The zero-order chi connectivity index (χ0) is 41.5. The number of hydrogen-bond acceptors (Lipinski definition) is 0. The summed E-state index contributed by atoms with van der Waals surface area (Å²) < 4.78 is 0. The van der Waals surface area contributed by atoms with Crippen LogP contribution in [0.25, 0.3) is 98.4 Å². The summed E-state index contributed by atoms with van der Waals surface area (Å²) in [5, 5.41) is 12.9. The minimum absolute atomic E-state index is 0.449. The molecule has 292 valence electrons. The quantitative estimate of drug-likeness (QED) is 0.116.